The van der Waals surface area contributed by atoms with E-state index in [0.717, 1.165) is 30.2 Å². The van der Waals surface area contributed by atoms with Gasteiger partial charge >= 0.3 is 0 Å². The first-order valence-corrected chi connectivity index (χ1v) is 7.55. The second-order valence-corrected chi connectivity index (χ2v) is 5.81. The van der Waals surface area contributed by atoms with Gasteiger partial charge in [-0.3, -0.25) is 0 Å². The first-order chi connectivity index (χ1) is 10.1. The van der Waals surface area contributed by atoms with Crippen molar-refractivity contribution in [2.75, 3.05) is 0 Å². The zero-order chi connectivity index (χ0) is 15.0. The van der Waals surface area contributed by atoms with E-state index in [9.17, 15) is 5.11 Å². The van der Waals surface area contributed by atoms with Gasteiger partial charge in [-0.15, -0.1) is 12.4 Å². The van der Waals surface area contributed by atoms with E-state index < -0.39 is 6.10 Å². The van der Waals surface area contributed by atoms with Crippen LogP contribution in [0, 0.1) is 6.92 Å². The van der Waals surface area contributed by atoms with E-state index in [4.69, 9.17) is 5.73 Å². The van der Waals surface area contributed by atoms with Gasteiger partial charge in [-0.2, -0.15) is 5.10 Å². The average molecular weight is 323 g/mol. The Morgan fingerprint density at radius 1 is 1.32 bits per heavy atom. The first-order valence-electron chi connectivity index (χ1n) is 7.55. The summed E-state index contributed by atoms with van der Waals surface area (Å²) >= 11 is 0. The molecule has 1 aromatic carbocycles. The molecule has 0 radical (unpaired) electrons. The van der Waals surface area contributed by atoms with Crippen LogP contribution in [0.4, 0.5) is 0 Å². The number of hydrogen-bond donors (Lipinski definition) is 2. The van der Waals surface area contributed by atoms with Crippen LogP contribution in [0.25, 0.3) is 5.69 Å². The standard InChI is InChI=1S/C16H22N4O.ClH/c1-3-11-6-4-5-7-14(11)20-16(18-10(2)19-20)12-8-13(17)15(21)9-12;/h4-7,12-13,15,21H,3,8-9,17H2,1-2H3;1H/t12-,13+,15+;/m0./s1. The van der Waals surface area contributed by atoms with Crippen molar-refractivity contribution in [2.45, 2.75) is 51.2 Å². The number of aromatic nitrogens is 3. The summed E-state index contributed by atoms with van der Waals surface area (Å²) in [6.45, 7) is 4.04. The number of hydrogen-bond acceptors (Lipinski definition) is 4. The number of aliphatic hydroxyl groups excluding tert-OH is 1. The van der Waals surface area contributed by atoms with Crippen LogP contribution >= 0.6 is 12.4 Å². The van der Waals surface area contributed by atoms with Gasteiger partial charge in [-0.1, -0.05) is 25.1 Å². The SMILES string of the molecule is CCc1ccccc1-n1nc(C)nc1[C@H]1C[C@@H](N)[C@H](O)C1.Cl. The van der Waals surface area contributed by atoms with Crippen LogP contribution in [0.1, 0.15) is 42.9 Å². The van der Waals surface area contributed by atoms with Gasteiger partial charge in [0, 0.05) is 12.0 Å². The molecule has 0 spiro atoms. The molecule has 3 rings (SSSR count). The highest BCUT2D eigenvalue weighted by Gasteiger charge is 2.34. The Balaban J connectivity index is 0.00000176. The van der Waals surface area contributed by atoms with Gasteiger partial charge in [-0.25, -0.2) is 9.67 Å². The number of rotatable bonds is 3. The minimum Gasteiger partial charge on any atom is -0.391 e. The topological polar surface area (TPSA) is 77.0 Å². The second kappa shape index (κ2) is 6.77. The molecule has 1 aliphatic rings. The molecular formula is C16H23ClN4O. The number of halogens is 1. The molecule has 0 bridgehead atoms. The predicted molar refractivity (Wildman–Crippen MR) is 88.7 cm³/mol. The van der Waals surface area contributed by atoms with Crippen molar-refractivity contribution < 1.29 is 5.11 Å². The highest BCUT2D eigenvalue weighted by atomic mass is 35.5. The molecule has 6 heteroatoms. The summed E-state index contributed by atoms with van der Waals surface area (Å²) in [5, 5.41) is 14.5. The van der Waals surface area contributed by atoms with Gasteiger partial charge < -0.3 is 10.8 Å². The molecular weight excluding hydrogens is 300 g/mol. The van der Waals surface area contributed by atoms with Gasteiger partial charge in [0.15, 0.2) is 0 Å². The first kappa shape index (κ1) is 16.9. The predicted octanol–water partition coefficient (Wildman–Crippen LogP) is 2.13. The monoisotopic (exact) mass is 322 g/mol. The van der Waals surface area contributed by atoms with Gasteiger partial charge in [0.1, 0.15) is 11.6 Å². The third-order valence-electron chi connectivity index (χ3n) is 4.28. The van der Waals surface area contributed by atoms with Crippen molar-refractivity contribution in [1.29, 1.82) is 0 Å². The molecule has 1 aliphatic carbocycles. The average Bonchev–Trinajstić information content (AvgIpc) is 3.02. The summed E-state index contributed by atoms with van der Waals surface area (Å²) < 4.78 is 1.93. The normalized spacial score (nSPS) is 24.3. The van der Waals surface area contributed by atoms with Crippen LogP contribution in [0.15, 0.2) is 24.3 Å². The number of benzene rings is 1. The Hall–Kier alpha value is -1.43. The Morgan fingerprint density at radius 3 is 2.68 bits per heavy atom. The Morgan fingerprint density at radius 2 is 2.05 bits per heavy atom. The zero-order valence-electron chi connectivity index (χ0n) is 12.9. The minimum atomic E-state index is -0.443. The van der Waals surface area contributed by atoms with Crippen LogP contribution in [0.3, 0.4) is 0 Å². The quantitative estimate of drug-likeness (QED) is 0.907. The maximum absolute atomic E-state index is 9.92. The summed E-state index contributed by atoms with van der Waals surface area (Å²) in [5.41, 5.74) is 8.27. The summed E-state index contributed by atoms with van der Waals surface area (Å²) in [6.07, 6.45) is 1.92. The van der Waals surface area contributed by atoms with Crippen molar-refractivity contribution in [3.63, 3.8) is 0 Å². The van der Waals surface area contributed by atoms with E-state index in [-0.39, 0.29) is 24.4 Å². The minimum absolute atomic E-state index is 0. The molecule has 0 aliphatic heterocycles. The number of aryl methyl sites for hydroxylation is 2. The van der Waals surface area contributed by atoms with E-state index >= 15 is 0 Å². The summed E-state index contributed by atoms with van der Waals surface area (Å²) in [6, 6.07) is 8.08. The van der Waals surface area contributed by atoms with E-state index in [0.29, 0.717) is 6.42 Å². The van der Waals surface area contributed by atoms with E-state index in [2.05, 4.69) is 29.1 Å². The van der Waals surface area contributed by atoms with Crippen LogP contribution < -0.4 is 5.73 Å². The fourth-order valence-corrected chi connectivity index (χ4v) is 3.15. The van der Waals surface area contributed by atoms with Crippen molar-refractivity contribution in [3.05, 3.63) is 41.5 Å². The van der Waals surface area contributed by atoms with Crippen molar-refractivity contribution in [1.82, 2.24) is 14.8 Å². The van der Waals surface area contributed by atoms with Crippen LogP contribution in [0.5, 0.6) is 0 Å². The Bertz CT molecular complexity index is 633. The van der Waals surface area contributed by atoms with Gasteiger partial charge in [-0.05, 0) is 37.8 Å². The zero-order valence-corrected chi connectivity index (χ0v) is 13.8. The fraction of sp³-hybridized carbons (Fsp3) is 0.500. The smallest absolute Gasteiger partial charge is 0.148 e. The van der Waals surface area contributed by atoms with Crippen LogP contribution in [-0.2, 0) is 6.42 Å². The van der Waals surface area contributed by atoms with Crippen molar-refractivity contribution in [2.24, 2.45) is 5.73 Å². The molecule has 5 nitrogen and oxygen atoms in total. The largest absolute Gasteiger partial charge is 0.391 e. The lowest BCUT2D eigenvalue weighted by Gasteiger charge is -2.13. The third-order valence-corrected chi connectivity index (χ3v) is 4.28. The molecule has 120 valence electrons. The molecule has 22 heavy (non-hydrogen) atoms. The number of nitrogens with zero attached hydrogens (tertiary/aromatic N) is 3. The van der Waals surface area contributed by atoms with E-state index in [1.165, 1.54) is 5.56 Å². The Labute approximate surface area is 137 Å². The summed E-state index contributed by atoms with van der Waals surface area (Å²) in [7, 11) is 0. The fourth-order valence-electron chi connectivity index (χ4n) is 3.15. The molecule has 0 unspecified atom stereocenters. The highest BCUT2D eigenvalue weighted by Crippen LogP contribution is 2.34. The van der Waals surface area contributed by atoms with E-state index in [1.54, 1.807) is 0 Å². The maximum atomic E-state index is 9.92. The summed E-state index contributed by atoms with van der Waals surface area (Å²) in [5.74, 6) is 1.84. The van der Waals surface area contributed by atoms with Crippen LogP contribution in [0.2, 0.25) is 0 Å². The second-order valence-electron chi connectivity index (χ2n) is 5.81. The molecule has 3 N–H and O–H groups in total. The van der Waals surface area contributed by atoms with Gasteiger partial charge in [0.05, 0.1) is 11.8 Å². The Kier molecular flexibility index (Phi) is 5.21. The van der Waals surface area contributed by atoms with Gasteiger partial charge in [0.2, 0.25) is 0 Å². The molecule has 1 heterocycles. The molecule has 1 aromatic heterocycles. The summed E-state index contributed by atoms with van der Waals surface area (Å²) in [4.78, 5) is 4.60. The molecule has 3 atom stereocenters. The molecule has 1 saturated carbocycles. The number of aliphatic hydroxyl groups is 1. The van der Waals surface area contributed by atoms with Crippen LogP contribution in [-0.4, -0.2) is 32.0 Å². The molecule has 2 aromatic rings. The lowest BCUT2D eigenvalue weighted by Crippen LogP contribution is -2.28. The highest BCUT2D eigenvalue weighted by molar-refractivity contribution is 5.85. The maximum Gasteiger partial charge on any atom is 0.148 e. The third kappa shape index (κ3) is 3.02. The molecule has 1 fully saturated rings. The van der Waals surface area contributed by atoms with Gasteiger partial charge in [0.25, 0.3) is 0 Å². The lowest BCUT2D eigenvalue weighted by atomic mass is 10.1. The number of para-hydroxylation sites is 1. The number of nitrogens with two attached hydrogens (primary N) is 1. The lowest BCUT2D eigenvalue weighted by molar-refractivity contribution is 0.163. The van der Waals surface area contributed by atoms with Crippen molar-refractivity contribution >= 4 is 12.4 Å². The van der Waals surface area contributed by atoms with E-state index in [1.807, 2.05) is 23.7 Å². The molecule has 0 saturated heterocycles. The van der Waals surface area contributed by atoms with Crippen molar-refractivity contribution in [3.8, 4) is 5.69 Å². The molecule has 0 amide bonds.